The molecule has 2 aliphatic rings. The number of allylic oxidation sites excluding steroid dienone is 1. The SMILES string of the molecule is CC.CC(C)(C)c1cc(NC(=O)/N=C(N)\C=C2\N=CC(C#Cc3ccc(OCCCN4CCOCC4)cc3)=CN2)no1. The first-order chi connectivity index (χ1) is 20.2. The topological polar surface area (TPSA) is 140 Å². The summed E-state index contributed by atoms with van der Waals surface area (Å²) in [5.41, 5.74) is 7.20. The molecule has 2 aromatic rings. The van der Waals surface area contributed by atoms with E-state index < -0.39 is 6.03 Å². The lowest BCUT2D eigenvalue weighted by atomic mass is 9.93. The van der Waals surface area contributed by atoms with Gasteiger partial charge in [-0.05, 0) is 30.7 Å². The number of aromatic nitrogens is 1. The number of carbonyl (C=O) groups is 1. The number of nitrogens with one attached hydrogen (secondary N) is 2. The van der Waals surface area contributed by atoms with Crippen LogP contribution in [-0.2, 0) is 10.2 Å². The van der Waals surface area contributed by atoms with E-state index in [0.717, 1.165) is 50.6 Å². The van der Waals surface area contributed by atoms with Crippen molar-refractivity contribution in [1.82, 2.24) is 15.4 Å². The number of hydrogen-bond acceptors (Lipinski definition) is 8. The molecule has 1 aromatic heterocycles. The van der Waals surface area contributed by atoms with Crippen LogP contribution in [0.15, 0.2) is 68.5 Å². The Morgan fingerprint density at radius 1 is 1.21 bits per heavy atom. The van der Waals surface area contributed by atoms with Gasteiger partial charge in [-0.1, -0.05) is 51.6 Å². The molecule has 42 heavy (non-hydrogen) atoms. The van der Waals surface area contributed by atoms with E-state index in [2.05, 4.69) is 42.5 Å². The maximum Gasteiger partial charge on any atom is 0.348 e. The summed E-state index contributed by atoms with van der Waals surface area (Å²) in [7, 11) is 0. The van der Waals surface area contributed by atoms with Crippen molar-refractivity contribution in [2.75, 3.05) is 44.8 Å². The summed E-state index contributed by atoms with van der Waals surface area (Å²) >= 11 is 0. The van der Waals surface area contributed by atoms with Crippen molar-refractivity contribution in [1.29, 1.82) is 0 Å². The van der Waals surface area contributed by atoms with E-state index in [0.29, 0.717) is 23.8 Å². The molecule has 0 spiro atoms. The van der Waals surface area contributed by atoms with Crippen molar-refractivity contribution in [3.05, 3.63) is 65.3 Å². The fraction of sp³-hybridized carbons (Fsp3) is 0.419. The van der Waals surface area contributed by atoms with Crippen LogP contribution in [-0.4, -0.2) is 67.6 Å². The van der Waals surface area contributed by atoms with Crippen LogP contribution < -0.4 is 21.1 Å². The van der Waals surface area contributed by atoms with Crippen LogP contribution in [0.25, 0.3) is 0 Å². The molecule has 2 amide bonds. The molecule has 0 saturated carbocycles. The van der Waals surface area contributed by atoms with Gasteiger partial charge >= 0.3 is 6.03 Å². The highest BCUT2D eigenvalue weighted by molar-refractivity contribution is 6.03. The molecule has 0 radical (unpaired) electrons. The number of nitrogens with two attached hydrogens (primary N) is 1. The third-order valence-electron chi connectivity index (χ3n) is 5.91. The predicted molar refractivity (Wildman–Crippen MR) is 166 cm³/mol. The summed E-state index contributed by atoms with van der Waals surface area (Å²) in [5.74, 6) is 8.31. The smallest absolute Gasteiger partial charge is 0.348 e. The summed E-state index contributed by atoms with van der Waals surface area (Å²) in [6.45, 7) is 15.2. The van der Waals surface area contributed by atoms with Gasteiger partial charge in [-0.3, -0.25) is 10.2 Å². The molecule has 0 unspecified atom stereocenters. The summed E-state index contributed by atoms with van der Waals surface area (Å²) in [5, 5.41) is 9.34. The van der Waals surface area contributed by atoms with Crippen molar-refractivity contribution >= 4 is 23.9 Å². The van der Waals surface area contributed by atoms with Gasteiger partial charge in [0.15, 0.2) is 5.82 Å². The Morgan fingerprint density at radius 3 is 2.60 bits per heavy atom. The normalized spacial score (nSPS) is 16.4. The van der Waals surface area contributed by atoms with E-state index in [9.17, 15) is 4.79 Å². The van der Waals surface area contributed by atoms with Gasteiger partial charge in [-0.15, -0.1) is 0 Å². The second kappa shape index (κ2) is 16.1. The van der Waals surface area contributed by atoms with E-state index in [1.165, 1.54) is 6.08 Å². The minimum Gasteiger partial charge on any atom is -0.494 e. The Morgan fingerprint density at radius 2 is 1.95 bits per heavy atom. The lowest BCUT2D eigenvalue weighted by molar-refractivity contribution is 0.0358. The van der Waals surface area contributed by atoms with Crippen LogP contribution in [0.5, 0.6) is 5.75 Å². The fourth-order valence-corrected chi connectivity index (χ4v) is 3.71. The van der Waals surface area contributed by atoms with Gasteiger partial charge in [0.1, 0.15) is 23.2 Å². The zero-order chi connectivity index (χ0) is 30.4. The van der Waals surface area contributed by atoms with Crippen LogP contribution in [0.2, 0.25) is 0 Å². The van der Waals surface area contributed by atoms with Crippen molar-refractivity contribution in [2.45, 2.75) is 46.5 Å². The highest BCUT2D eigenvalue weighted by atomic mass is 16.5. The summed E-state index contributed by atoms with van der Waals surface area (Å²) in [6, 6.07) is 8.68. The van der Waals surface area contributed by atoms with Gasteiger partial charge in [-0.25, -0.2) is 9.79 Å². The monoisotopic (exact) mass is 575 g/mol. The molecule has 2 aliphatic heterocycles. The molecule has 224 valence electrons. The van der Waals surface area contributed by atoms with Crippen molar-refractivity contribution < 1.29 is 18.8 Å². The summed E-state index contributed by atoms with van der Waals surface area (Å²) < 4.78 is 16.5. The maximum absolute atomic E-state index is 12.2. The molecule has 0 aliphatic carbocycles. The zero-order valence-corrected chi connectivity index (χ0v) is 25.1. The molecule has 11 nitrogen and oxygen atoms in total. The lowest BCUT2D eigenvalue weighted by Gasteiger charge is -2.26. The first-order valence-corrected chi connectivity index (χ1v) is 14.1. The van der Waals surface area contributed by atoms with E-state index in [-0.39, 0.29) is 17.1 Å². The van der Waals surface area contributed by atoms with E-state index >= 15 is 0 Å². The van der Waals surface area contributed by atoms with Crippen LogP contribution >= 0.6 is 0 Å². The van der Waals surface area contributed by atoms with Crippen LogP contribution in [0.1, 0.15) is 52.4 Å². The molecule has 3 heterocycles. The molecule has 4 rings (SSSR count). The molecule has 1 saturated heterocycles. The van der Waals surface area contributed by atoms with E-state index in [1.54, 1.807) is 18.5 Å². The molecule has 11 heteroatoms. The third kappa shape index (κ3) is 10.9. The molecule has 1 aromatic carbocycles. The number of benzene rings is 1. The number of nitrogens with zero attached hydrogens (tertiary/aromatic N) is 4. The van der Waals surface area contributed by atoms with Gasteiger partial charge in [0, 0.05) is 55.2 Å². The summed E-state index contributed by atoms with van der Waals surface area (Å²) in [4.78, 5) is 22.6. The number of ether oxygens (including phenoxy) is 2. The quantitative estimate of drug-likeness (QED) is 0.191. The number of hydrogen-bond donors (Lipinski definition) is 3. The van der Waals surface area contributed by atoms with Gasteiger partial charge in [0.2, 0.25) is 0 Å². The van der Waals surface area contributed by atoms with Gasteiger partial charge in [0.25, 0.3) is 0 Å². The number of rotatable bonds is 7. The van der Waals surface area contributed by atoms with Crippen molar-refractivity contribution in [3.8, 4) is 17.6 Å². The van der Waals surface area contributed by atoms with E-state index in [4.69, 9.17) is 19.7 Å². The molecular formula is C31H41N7O4. The van der Waals surface area contributed by atoms with Crippen molar-refractivity contribution in [3.63, 3.8) is 0 Å². The number of carbonyl (C=O) groups excluding carboxylic acids is 1. The second-order valence-electron chi connectivity index (χ2n) is 10.3. The highest BCUT2D eigenvalue weighted by Gasteiger charge is 2.20. The number of urea groups is 1. The fourth-order valence-electron chi connectivity index (χ4n) is 3.71. The molecule has 4 N–H and O–H groups in total. The first-order valence-electron chi connectivity index (χ1n) is 14.1. The van der Waals surface area contributed by atoms with Crippen LogP contribution in [0.3, 0.4) is 0 Å². The summed E-state index contributed by atoms with van der Waals surface area (Å²) in [6.07, 6.45) is 5.73. The average molecular weight is 576 g/mol. The Hall–Kier alpha value is -4.40. The van der Waals surface area contributed by atoms with Crippen LogP contribution in [0.4, 0.5) is 10.6 Å². The lowest BCUT2D eigenvalue weighted by Crippen LogP contribution is -2.37. The predicted octanol–water partition coefficient (Wildman–Crippen LogP) is 4.44. The Bertz CT molecular complexity index is 1350. The third-order valence-corrected chi connectivity index (χ3v) is 5.91. The molecule has 0 bridgehead atoms. The number of morpholine rings is 1. The molecule has 1 fully saturated rings. The number of amidine groups is 1. The maximum atomic E-state index is 12.2. The highest BCUT2D eigenvalue weighted by Crippen LogP contribution is 2.24. The van der Waals surface area contributed by atoms with Crippen LogP contribution in [0, 0.1) is 11.8 Å². The van der Waals surface area contributed by atoms with Gasteiger partial charge in [-0.2, -0.15) is 4.99 Å². The Labute approximate surface area is 247 Å². The standard InChI is InChI=1S/C29H35N7O4.C2H6/c1-29(2,3)24-17-27(35-40-24)34-28(37)33-25(30)18-26-31-19-22(20-32-26)6-5-21-7-9-23(10-8-21)39-14-4-11-36-12-15-38-16-13-36;1-2/h7-10,17-20,31H,4,11-16H2,1-3H3,(H3,30,33,34,35,37);1-2H3/b26-18+;. The Kier molecular flexibility index (Phi) is 12.3. The number of amides is 2. The van der Waals surface area contributed by atoms with Gasteiger partial charge < -0.3 is 25.0 Å². The number of anilines is 1. The van der Waals surface area contributed by atoms with E-state index in [1.807, 2.05) is 58.9 Å². The largest absolute Gasteiger partial charge is 0.494 e. The zero-order valence-electron chi connectivity index (χ0n) is 25.1. The second-order valence-corrected chi connectivity index (χ2v) is 10.3. The average Bonchev–Trinajstić information content (AvgIpc) is 3.46. The molecular weight excluding hydrogens is 534 g/mol. The minimum absolute atomic E-state index is 0.0250. The first kappa shape index (κ1) is 32.1. The Balaban J connectivity index is 0.00000237. The molecule has 0 atom stereocenters. The number of aliphatic imine (C=N–C) groups is 2. The minimum atomic E-state index is -0.672. The van der Waals surface area contributed by atoms with Gasteiger partial charge in [0.05, 0.1) is 25.4 Å². The van der Waals surface area contributed by atoms with Crippen molar-refractivity contribution in [2.24, 2.45) is 15.7 Å².